The van der Waals surface area contributed by atoms with Crippen LogP contribution in [0.3, 0.4) is 0 Å². The lowest BCUT2D eigenvalue weighted by Gasteiger charge is -2.61. The normalized spacial score (nSPS) is 45.8. The molecule has 4 atom stereocenters. The van der Waals surface area contributed by atoms with E-state index in [2.05, 4.69) is 20.4 Å². The lowest BCUT2D eigenvalue weighted by molar-refractivity contribution is -0.177. The Kier molecular flexibility index (Phi) is 3.37. The van der Waals surface area contributed by atoms with E-state index < -0.39 is 16.4 Å². The van der Waals surface area contributed by atoms with Crippen molar-refractivity contribution in [2.75, 3.05) is 0 Å². The van der Waals surface area contributed by atoms with Gasteiger partial charge in [-0.25, -0.2) is 0 Å². The summed E-state index contributed by atoms with van der Waals surface area (Å²) in [5, 5.41) is 11.6. The van der Waals surface area contributed by atoms with Crippen LogP contribution in [-0.4, -0.2) is 22.3 Å². The van der Waals surface area contributed by atoms with Crippen molar-refractivity contribution in [1.82, 2.24) is 0 Å². The molecule has 3 aliphatic rings. The van der Waals surface area contributed by atoms with E-state index in [1.165, 1.54) is 0 Å². The molecule has 23 heavy (non-hydrogen) atoms. The third kappa shape index (κ3) is 1.86. The van der Waals surface area contributed by atoms with Gasteiger partial charge in [-0.15, -0.1) is 6.58 Å². The largest absolute Gasteiger partial charge is 0.384 e. The Morgan fingerprint density at radius 2 is 1.83 bits per heavy atom. The van der Waals surface area contributed by atoms with Gasteiger partial charge in [-0.1, -0.05) is 26.0 Å². The molecule has 0 spiro atoms. The van der Waals surface area contributed by atoms with Gasteiger partial charge in [0.25, 0.3) is 0 Å². The molecular weight excluding hydrogens is 288 g/mol. The number of aliphatic hydroxyl groups is 1. The minimum absolute atomic E-state index is 0.0113. The number of hydrogen-bond acceptors (Lipinski definition) is 3. The van der Waals surface area contributed by atoms with Gasteiger partial charge in [-0.3, -0.25) is 9.59 Å². The van der Waals surface area contributed by atoms with E-state index >= 15 is 0 Å². The van der Waals surface area contributed by atoms with Gasteiger partial charge < -0.3 is 5.11 Å². The molecule has 126 valence electrons. The number of carbonyl (C=O) groups excluding carboxylic acids is 2. The molecule has 3 rings (SSSR count). The molecule has 0 radical (unpaired) electrons. The molecule has 3 nitrogen and oxygen atoms in total. The topological polar surface area (TPSA) is 54.4 Å². The van der Waals surface area contributed by atoms with Gasteiger partial charge in [-0.2, -0.15) is 0 Å². The van der Waals surface area contributed by atoms with E-state index in [-0.39, 0.29) is 22.9 Å². The Morgan fingerprint density at radius 3 is 2.43 bits per heavy atom. The fourth-order valence-electron chi connectivity index (χ4n) is 5.33. The molecule has 2 fully saturated rings. The number of carbonyl (C=O) groups is 2. The highest BCUT2D eigenvalue weighted by atomic mass is 16.3. The van der Waals surface area contributed by atoms with Crippen LogP contribution >= 0.6 is 0 Å². The second-order valence-corrected chi connectivity index (χ2v) is 8.83. The lowest BCUT2D eigenvalue weighted by Crippen LogP contribution is -2.66. The molecule has 3 aliphatic carbocycles. The van der Waals surface area contributed by atoms with Gasteiger partial charge in [-0.05, 0) is 50.9 Å². The smallest absolute Gasteiger partial charge is 0.171 e. The van der Waals surface area contributed by atoms with Crippen molar-refractivity contribution in [1.29, 1.82) is 0 Å². The quantitative estimate of drug-likeness (QED) is 0.752. The van der Waals surface area contributed by atoms with Crippen LogP contribution in [0.1, 0.15) is 59.8 Å². The van der Waals surface area contributed by atoms with Gasteiger partial charge in [0.15, 0.2) is 5.78 Å². The third-order valence-electron chi connectivity index (χ3n) is 7.30. The molecular formula is C20H28O3. The predicted molar refractivity (Wildman–Crippen MR) is 89.8 cm³/mol. The van der Waals surface area contributed by atoms with Crippen LogP contribution in [0.2, 0.25) is 0 Å². The zero-order valence-corrected chi connectivity index (χ0v) is 14.7. The number of fused-ring (bicyclic) bond motifs is 3. The molecule has 0 aromatic rings. The number of hydrogen-bond donors (Lipinski definition) is 1. The first kappa shape index (κ1) is 16.6. The maximum Gasteiger partial charge on any atom is 0.171 e. The monoisotopic (exact) mass is 316 g/mol. The Morgan fingerprint density at radius 1 is 1.17 bits per heavy atom. The highest BCUT2D eigenvalue weighted by molar-refractivity contribution is 6.05. The van der Waals surface area contributed by atoms with Gasteiger partial charge >= 0.3 is 0 Å². The molecule has 4 unspecified atom stereocenters. The number of allylic oxidation sites excluding steroid dienone is 2. The maximum absolute atomic E-state index is 13.0. The highest BCUT2D eigenvalue weighted by Crippen LogP contribution is 2.63. The van der Waals surface area contributed by atoms with Crippen molar-refractivity contribution in [3.05, 3.63) is 24.3 Å². The molecule has 1 N–H and O–H groups in total. The summed E-state index contributed by atoms with van der Waals surface area (Å²) >= 11 is 0. The van der Waals surface area contributed by atoms with Gasteiger partial charge in [0.1, 0.15) is 11.4 Å². The molecule has 2 saturated carbocycles. The van der Waals surface area contributed by atoms with E-state index in [0.717, 1.165) is 6.42 Å². The lowest BCUT2D eigenvalue weighted by atomic mass is 9.43. The second kappa shape index (κ2) is 4.66. The first-order chi connectivity index (χ1) is 10.5. The fraction of sp³-hybridized carbons (Fsp3) is 0.700. The third-order valence-corrected chi connectivity index (χ3v) is 7.30. The summed E-state index contributed by atoms with van der Waals surface area (Å²) in [5.41, 5.74) is -2.38. The van der Waals surface area contributed by atoms with E-state index in [4.69, 9.17) is 0 Å². The summed E-state index contributed by atoms with van der Waals surface area (Å²) in [5.74, 6) is 0.132. The average Bonchev–Trinajstić information content (AvgIpc) is 2.50. The van der Waals surface area contributed by atoms with E-state index in [1.807, 2.05) is 19.9 Å². The first-order valence-corrected chi connectivity index (χ1v) is 8.68. The van der Waals surface area contributed by atoms with E-state index in [9.17, 15) is 14.7 Å². The predicted octanol–water partition coefficient (Wildman–Crippen LogP) is 3.61. The van der Waals surface area contributed by atoms with Crippen molar-refractivity contribution in [3.8, 4) is 0 Å². The summed E-state index contributed by atoms with van der Waals surface area (Å²) in [6.45, 7) is 12.0. The Bertz CT molecular complexity index is 629. The Labute approximate surface area is 138 Å². The van der Waals surface area contributed by atoms with Crippen LogP contribution in [-0.2, 0) is 9.59 Å². The molecule has 0 aromatic heterocycles. The van der Waals surface area contributed by atoms with Crippen molar-refractivity contribution < 1.29 is 14.7 Å². The molecule has 0 amide bonds. The summed E-state index contributed by atoms with van der Waals surface area (Å²) in [6, 6.07) is 0. The van der Waals surface area contributed by atoms with E-state index in [1.54, 1.807) is 6.08 Å². The zero-order chi connectivity index (χ0) is 17.3. The summed E-state index contributed by atoms with van der Waals surface area (Å²) in [4.78, 5) is 25.9. The van der Waals surface area contributed by atoms with Crippen molar-refractivity contribution in [2.45, 2.75) is 65.4 Å². The molecule has 0 saturated heterocycles. The second-order valence-electron chi connectivity index (χ2n) is 8.83. The molecule has 0 bridgehead atoms. The standard InChI is InChI=1S/C20H28O3/c1-6-18(4)11-12-20(23)13(16(18)22)7-8-14-17(2,3)10-9-15(21)19(14,20)5/h6-7,14,23H,1,8-12H2,2-5H3. The average molecular weight is 316 g/mol. The molecule has 0 aromatic carbocycles. The SMILES string of the molecule is C=CC1(C)CCC2(O)C(=CCC3C(C)(C)CCC(=O)C32C)C1=O. The van der Waals surface area contributed by atoms with Crippen LogP contribution in [0.15, 0.2) is 24.3 Å². The Hall–Kier alpha value is -1.22. The van der Waals surface area contributed by atoms with Crippen molar-refractivity contribution in [2.24, 2.45) is 22.2 Å². The summed E-state index contributed by atoms with van der Waals surface area (Å²) in [6.07, 6.45) is 6.62. The minimum atomic E-state index is -1.33. The molecule has 0 heterocycles. The number of rotatable bonds is 1. The Balaban J connectivity index is 2.17. The zero-order valence-electron chi connectivity index (χ0n) is 14.7. The first-order valence-electron chi connectivity index (χ1n) is 8.68. The van der Waals surface area contributed by atoms with Crippen LogP contribution in [0.4, 0.5) is 0 Å². The van der Waals surface area contributed by atoms with Crippen molar-refractivity contribution in [3.63, 3.8) is 0 Å². The maximum atomic E-state index is 13.0. The minimum Gasteiger partial charge on any atom is -0.384 e. The molecule has 3 heteroatoms. The van der Waals surface area contributed by atoms with E-state index in [0.29, 0.717) is 31.3 Å². The van der Waals surface area contributed by atoms with Crippen LogP contribution < -0.4 is 0 Å². The summed E-state index contributed by atoms with van der Waals surface area (Å²) in [7, 11) is 0. The van der Waals surface area contributed by atoms with Gasteiger partial charge in [0.2, 0.25) is 0 Å². The van der Waals surface area contributed by atoms with Gasteiger partial charge in [0, 0.05) is 17.4 Å². The van der Waals surface area contributed by atoms with Crippen LogP contribution in [0.5, 0.6) is 0 Å². The molecule has 0 aliphatic heterocycles. The number of ketones is 2. The van der Waals surface area contributed by atoms with Gasteiger partial charge in [0.05, 0.1) is 5.41 Å². The number of Topliss-reactive ketones (excluding diaryl/α,β-unsaturated/α-hetero) is 2. The summed E-state index contributed by atoms with van der Waals surface area (Å²) < 4.78 is 0. The van der Waals surface area contributed by atoms with Crippen LogP contribution in [0, 0.1) is 22.2 Å². The fourth-order valence-corrected chi connectivity index (χ4v) is 5.33. The highest BCUT2D eigenvalue weighted by Gasteiger charge is 2.67. The van der Waals surface area contributed by atoms with Crippen molar-refractivity contribution >= 4 is 11.6 Å². The van der Waals surface area contributed by atoms with Crippen LogP contribution in [0.25, 0.3) is 0 Å².